The van der Waals surface area contributed by atoms with Crippen LogP contribution in [0.25, 0.3) is 0 Å². The van der Waals surface area contributed by atoms with Gasteiger partial charge in [0.1, 0.15) is 5.76 Å². The molecule has 1 fully saturated rings. The Kier molecular flexibility index (Phi) is 4.06. The molecule has 0 radical (unpaired) electrons. The Labute approximate surface area is 107 Å². The first kappa shape index (κ1) is 13.5. The second-order valence-electron chi connectivity index (χ2n) is 4.76. The first-order chi connectivity index (χ1) is 8.45. The third-order valence-electron chi connectivity index (χ3n) is 3.25. The highest BCUT2D eigenvalue weighted by Crippen LogP contribution is 2.18. The molecule has 0 aliphatic heterocycles. The van der Waals surface area contributed by atoms with E-state index in [-0.39, 0.29) is 5.09 Å². The van der Waals surface area contributed by atoms with Crippen molar-refractivity contribution in [2.24, 2.45) is 10.9 Å². The van der Waals surface area contributed by atoms with Crippen LogP contribution < -0.4 is 16.2 Å². The smallest absolute Gasteiger partial charge is 0.271 e. The molecule has 1 heterocycles. The van der Waals surface area contributed by atoms with Crippen molar-refractivity contribution in [3.63, 3.8) is 0 Å². The molecule has 1 aromatic rings. The van der Waals surface area contributed by atoms with Gasteiger partial charge in [-0.05, 0) is 37.8 Å². The van der Waals surface area contributed by atoms with Crippen LogP contribution in [-0.2, 0) is 16.6 Å². The Hall–Kier alpha value is -0.890. The van der Waals surface area contributed by atoms with Crippen LogP contribution >= 0.6 is 0 Å². The monoisotopic (exact) mass is 273 g/mol. The molecule has 102 valence electrons. The zero-order valence-electron chi connectivity index (χ0n) is 10.1. The molecule has 0 spiro atoms. The molecule has 1 aliphatic rings. The Balaban J connectivity index is 1.85. The van der Waals surface area contributed by atoms with Gasteiger partial charge in [-0.25, -0.2) is 13.6 Å². The summed E-state index contributed by atoms with van der Waals surface area (Å²) in [6.07, 6.45) is 4.14. The molecule has 0 atom stereocenters. The molecule has 1 aromatic heterocycles. The predicted molar refractivity (Wildman–Crippen MR) is 67.2 cm³/mol. The number of nitrogens with one attached hydrogen (secondary N) is 1. The summed E-state index contributed by atoms with van der Waals surface area (Å²) in [6, 6.07) is 3.75. The number of nitrogens with two attached hydrogens (primary N) is 2. The van der Waals surface area contributed by atoms with Crippen LogP contribution in [0.4, 0.5) is 0 Å². The van der Waals surface area contributed by atoms with Gasteiger partial charge in [0.05, 0.1) is 6.54 Å². The number of furan rings is 1. The van der Waals surface area contributed by atoms with E-state index in [2.05, 4.69) is 5.32 Å². The van der Waals surface area contributed by atoms with Gasteiger partial charge in [-0.3, -0.25) is 0 Å². The molecule has 0 bridgehead atoms. The van der Waals surface area contributed by atoms with E-state index in [9.17, 15) is 8.42 Å². The minimum Gasteiger partial charge on any atom is -0.447 e. The van der Waals surface area contributed by atoms with Gasteiger partial charge in [0.2, 0.25) is 5.09 Å². The average Bonchev–Trinajstić information content (AvgIpc) is 2.77. The van der Waals surface area contributed by atoms with Crippen molar-refractivity contribution >= 4 is 10.0 Å². The molecule has 7 heteroatoms. The van der Waals surface area contributed by atoms with Gasteiger partial charge < -0.3 is 15.5 Å². The lowest BCUT2D eigenvalue weighted by atomic mass is 9.92. The van der Waals surface area contributed by atoms with Crippen molar-refractivity contribution in [2.45, 2.75) is 49.4 Å². The number of hydrogen-bond acceptors (Lipinski definition) is 5. The van der Waals surface area contributed by atoms with Crippen molar-refractivity contribution in [1.82, 2.24) is 5.32 Å². The molecule has 5 N–H and O–H groups in total. The lowest BCUT2D eigenvalue weighted by molar-refractivity contribution is 0.323. The Morgan fingerprint density at radius 1 is 1.28 bits per heavy atom. The Bertz CT molecular complexity index is 489. The minimum atomic E-state index is -3.74. The number of sulfonamides is 1. The second kappa shape index (κ2) is 5.40. The van der Waals surface area contributed by atoms with E-state index in [0.29, 0.717) is 24.4 Å². The summed E-state index contributed by atoms with van der Waals surface area (Å²) < 4.78 is 27.2. The van der Waals surface area contributed by atoms with E-state index in [0.717, 1.165) is 25.7 Å². The third-order valence-corrected chi connectivity index (χ3v) is 4.03. The highest BCUT2D eigenvalue weighted by atomic mass is 32.2. The van der Waals surface area contributed by atoms with Crippen LogP contribution in [0.15, 0.2) is 21.6 Å². The van der Waals surface area contributed by atoms with Crippen LogP contribution in [0.1, 0.15) is 31.4 Å². The number of rotatable bonds is 4. The zero-order chi connectivity index (χ0) is 13.2. The zero-order valence-corrected chi connectivity index (χ0v) is 10.9. The second-order valence-corrected chi connectivity index (χ2v) is 6.25. The standard InChI is InChI=1S/C11H19N3O3S/c12-8-1-3-9(4-2-8)14-7-10-5-6-11(17-10)18(13,15)16/h5-6,8-9,14H,1-4,7,12H2,(H2,13,15,16). The molecule has 18 heavy (non-hydrogen) atoms. The van der Waals surface area contributed by atoms with Crippen LogP contribution in [-0.4, -0.2) is 20.5 Å². The normalized spacial score (nSPS) is 25.2. The molecular formula is C11H19N3O3S. The minimum absolute atomic E-state index is 0.190. The summed E-state index contributed by atoms with van der Waals surface area (Å²) in [7, 11) is -3.74. The summed E-state index contributed by atoms with van der Waals surface area (Å²) >= 11 is 0. The van der Waals surface area contributed by atoms with Crippen molar-refractivity contribution in [2.75, 3.05) is 0 Å². The molecular weight excluding hydrogens is 254 g/mol. The SMILES string of the molecule is NC1CCC(NCc2ccc(S(N)(=O)=O)o2)CC1. The summed E-state index contributed by atoms with van der Waals surface area (Å²) in [6.45, 7) is 0.509. The Morgan fingerprint density at radius 3 is 2.50 bits per heavy atom. The number of primary sulfonamides is 1. The fraction of sp³-hybridized carbons (Fsp3) is 0.636. The quantitative estimate of drug-likeness (QED) is 0.730. The molecule has 0 aromatic carbocycles. The maximum absolute atomic E-state index is 11.0. The van der Waals surface area contributed by atoms with Crippen molar-refractivity contribution in [1.29, 1.82) is 0 Å². The van der Waals surface area contributed by atoms with E-state index < -0.39 is 10.0 Å². The largest absolute Gasteiger partial charge is 0.447 e. The number of hydrogen-bond donors (Lipinski definition) is 3. The summed E-state index contributed by atoms with van der Waals surface area (Å²) in [5.41, 5.74) is 5.83. The third kappa shape index (κ3) is 3.55. The van der Waals surface area contributed by atoms with Gasteiger partial charge in [0.25, 0.3) is 10.0 Å². The lowest BCUT2D eigenvalue weighted by Gasteiger charge is -2.26. The van der Waals surface area contributed by atoms with Crippen molar-refractivity contribution in [3.05, 3.63) is 17.9 Å². The van der Waals surface area contributed by atoms with Crippen molar-refractivity contribution in [3.8, 4) is 0 Å². The van der Waals surface area contributed by atoms with Crippen LogP contribution in [0, 0.1) is 0 Å². The fourth-order valence-electron chi connectivity index (χ4n) is 2.17. The van der Waals surface area contributed by atoms with E-state index in [1.165, 1.54) is 6.07 Å². The summed E-state index contributed by atoms with van der Waals surface area (Å²) in [4.78, 5) is 0. The molecule has 0 unspecified atom stereocenters. The molecule has 0 saturated heterocycles. The molecule has 2 rings (SSSR count). The first-order valence-corrected chi connectivity index (χ1v) is 7.60. The van der Waals surface area contributed by atoms with E-state index >= 15 is 0 Å². The average molecular weight is 273 g/mol. The lowest BCUT2D eigenvalue weighted by Crippen LogP contribution is -2.36. The predicted octanol–water partition coefficient (Wildman–Crippen LogP) is 0.286. The first-order valence-electron chi connectivity index (χ1n) is 6.05. The molecule has 1 aliphatic carbocycles. The highest BCUT2D eigenvalue weighted by molar-refractivity contribution is 7.89. The van der Waals surface area contributed by atoms with Gasteiger partial charge in [0, 0.05) is 12.1 Å². The van der Waals surface area contributed by atoms with E-state index in [4.69, 9.17) is 15.3 Å². The fourth-order valence-corrected chi connectivity index (χ4v) is 2.66. The van der Waals surface area contributed by atoms with Gasteiger partial charge in [0.15, 0.2) is 0 Å². The Morgan fingerprint density at radius 2 is 1.94 bits per heavy atom. The molecule has 0 amide bonds. The van der Waals surface area contributed by atoms with Gasteiger partial charge in [-0.1, -0.05) is 0 Å². The van der Waals surface area contributed by atoms with Crippen LogP contribution in [0.5, 0.6) is 0 Å². The topological polar surface area (TPSA) is 111 Å². The summed E-state index contributed by atoms with van der Waals surface area (Å²) in [5.74, 6) is 0.578. The van der Waals surface area contributed by atoms with Gasteiger partial charge in [-0.2, -0.15) is 0 Å². The molecule has 1 saturated carbocycles. The van der Waals surface area contributed by atoms with Crippen LogP contribution in [0.3, 0.4) is 0 Å². The van der Waals surface area contributed by atoms with E-state index in [1.807, 2.05) is 0 Å². The maximum atomic E-state index is 11.0. The maximum Gasteiger partial charge on any atom is 0.271 e. The van der Waals surface area contributed by atoms with E-state index in [1.54, 1.807) is 6.07 Å². The van der Waals surface area contributed by atoms with Crippen LogP contribution in [0.2, 0.25) is 0 Å². The summed E-state index contributed by atoms with van der Waals surface area (Å²) in [5, 5.41) is 8.12. The molecule has 6 nitrogen and oxygen atoms in total. The van der Waals surface area contributed by atoms with Crippen molar-refractivity contribution < 1.29 is 12.8 Å². The van der Waals surface area contributed by atoms with Gasteiger partial charge in [-0.15, -0.1) is 0 Å². The highest BCUT2D eigenvalue weighted by Gasteiger charge is 2.19. The van der Waals surface area contributed by atoms with Gasteiger partial charge >= 0.3 is 0 Å².